The molecule has 6 heteroatoms. The molecule has 0 saturated heterocycles. The second-order valence-electron chi connectivity index (χ2n) is 4.95. The van der Waals surface area contributed by atoms with Crippen LogP contribution in [0.1, 0.15) is 18.4 Å². The Hall–Kier alpha value is -2.21. The van der Waals surface area contributed by atoms with Crippen molar-refractivity contribution in [3.05, 3.63) is 23.8 Å². The Labute approximate surface area is 110 Å². The van der Waals surface area contributed by atoms with Crippen LogP contribution in [-0.2, 0) is 4.79 Å². The Bertz CT molecular complexity index is 664. The molecule has 1 aliphatic rings. The molecule has 2 aromatic rings. The standard InChI is InChI=1S/C13H16N4O2/c1-6-10(13(19)16-14)11-8-5-7(18)3-4-9(8)15-12(11)17(6)2/h3-6,10,15,18H,14H2,1-2H3,(H,16,19). The van der Waals surface area contributed by atoms with Crippen molar-refractivity contribution in [1.82, 2.24) is 10.4 Å². The van der Waals surface area contributed by atoms with Gasteiger partial charge in [0.25, 0.3) is 0 Å². The molecule has 5 N–H and O–H groups in total. The number of carbonyl (C=O) groups is 1. The van der Waals surface area contributed by atoms with Gasteiger partial charge in [0.05, 0.1) is 5.92 Å². The Balaban J connectivity index is 2.27. The molecule has 0 bridgehead atoms. The summed E-state index contributed by atoms with van der Waals surface area (Å²) < 4.78 is 0. The first-order valence-corrected chi connectivity index (χ1v) is 6.12. The number of H-pyrrole nitrogens is 1. The van der Waals surface area contributed by atoms with Crippen molar-refractivity contribution >= 4 is 22.6 Å². The van der Waals surface area contributed by atoms with Gasteiger partial charge >= 0.3 is 0 Å². The molecule has 19 heavy (non-hydrogen) atoms. The average Bonchev–Trinajstić information content (AvgIpc) is 2.87. The number of rotatable bonds is 1. The van der Waals surface area contributed by atoms with Crippen LogP contribution in [0, 0.1) is 0 Å². The minimum Gasteiger partial charge on any atom is -0.508 e. The maximum Gasteiger partial charge on any atom is 0.243 e. The van der Waals surface area contributed by atoms with E-state index in [9.17, 15) is 9.90 Å². The lowest BCUT2D eigenvalue weighted by Crippen LogP contribution is -2.40. The molecule has 0 aliphatic carbocycles. The number of hydrogen-bond acceptors (Lipinski definition) is 4. The Kier molecular flexibility index (Phi) is 2.43. The van der Waals surface area contributed by atoms with Crippen LogP contribution >= 0.6 is 0 Å². The number of benzene rings is 1. The van der Waals surface area contributed by atoms with Crippen LogP contribution in [-0.4, -0.2) is 29.1 Å². The predicted octanol–water partition coefficient (Wildman–Crippen LogP) is 0.785. The lowest BCUT2D eigenvalue weighted by molar-refractivity contribution is -0.122. The monoisotopic (exact) mass is 260 g/mol. The molecule has 0 saturated carbocycles. The summed E-state index contributed by atoms with van der Waals surface area (Å²) in [5, 5.41) is 10.5. The number of carbonyl (C=O) groups excluding carboxylic acids is 1. The number of anilines is 1. The zero-order chi connectivity index (χ0) is 13.7. The summed E-state index contributed by atoms with van der Waals surface area (Å²) in [6.45, 7) is 1.97. The predicted molar refractivity (Wildman–Crippen MR) is 72.9 cm³/mol. The molecular formula is C13H16N4O2. The summed E-state index contributed by atoms with van der Waals surface area (Å²) in [6, 6.07) is 5.11. The number of fused-ring (bicyclic) bond motifs is 3. The van der Waals surface area contributed by atoms with Gasteiger partial charge in [-0.25, -0.2) is 5.84 Å². The molecule has 0 fully saturated rings. The Morgan fingerprint density at radius 3 is 2.95 bits per heavy atom. The number of nitrogens with zero attached hydrogens (tertiary/aromatic N) is 1. The van der Waals surface area contributed by atoms with E-state index in [2.05, 4.69) is 10.4 Å². The maximum absolute atomic E-state index is 12.0. The highest BCUT2D eigenvalue weighted by molar-refractivity contribution is 5.99. The average molecular weight is 260 g/mol. The van der Waals surface area contributed by atoms with Crippen molar-refractivity contribution in [3.8, 4) is 5.75 Å². The Morgan fingerprint density at radius 2 is 2.26 bits per heavy atom. The highest BCUT2D eigenvalue weighted by Gasteiger charge is 2.41. The number of nitrogens with one attached hydrogen (secondary N) is 2. The van der Waals surface area contributed by atoms with Gasteiger partial charge in [-0.05, 0) is 25.1 Å². The molecule has 1 aromatic heterocycles. The van der Waals surface area contributed by atoms with Crippen molar-refractivity contribution < 1.29 is 9.90 Å². The second-order valence-corrected chi connectivity index (χ2v) is 4.95. The largest absolute Gasteiger partial charge is 0.508 e. The Morgan fingerprint density at radius 1 is 1.53 bits per heavy atom. The van der Waals surface area contributed by atoms with Gasteiger partial charge in [0.15, 0.2) is 0 Å². The number of aromatic nitrogens is 1. The minimum absolute atomic E-state index is 0.0107. The zero-order valence-electron chi connectivity index (χ0n) is 10.8. The number of amides is 1. The molecule has 2 heterocycles. The van der Waals surface area contributed by atoms with Gasteiger partial charge < -0.3 is 15.0 Å². The fourth-order valence-corrected chi connectivity index (χ4v) is 2.89. The van der Waals surface area contributed by atoms with Crippen molar-refractivity contribution in [2.24, 2.45) is 5.84 Å². The van der Waals surface area contributed by atoms with Crippen molar-refractivity contribution in [2.75, 3.05) is 11.9 Å². The van der Waals surface area contributed by atoms with Crippen molar-refractivity contribution in [3.63, 3.8) is 0 Å². The minimum atomic E-state index is -0.347. The van der Waals surface area contributed by atoms with Crippen molar-refractivity contribution in [1.29, 1.82) is 0 Å². The first kappa shape index (κ1) is 11.9. The highest BCUT2D eigenvalue weighted by atomic mass is 16.3. The molecule has 6 nitrogen and oxygen atoms in total. The maximum atomic E-state index is 12.0. The number of hydrogen-bond donors (Lipinski definition) is 4. The van der Waals surface area contributed by atoms with Crippen LogP contribution in [0.3, 0.4) is 0 Å². The fraction of sp³-hybridized carbons (Fsp3) is 0.308. The van der Waals surface area contributed by atoms with Gasteiger partial charge in [0.2, 0.25) is 5.91 Å². The van der Waals surface area contributed by atoms with E-state index >= 15 is 0 Å². The summed E-state index contributed by atoms with van der Waals surface area (Å²) in [7, 11) is 1.93. The van der Waals surface area contributed by atoms with Crippen LogP contribution in [0.15, 0.2) is 18.2 Å². The summed E-state index contributed by atoms with van der Waals surface area (Å²) in [6.07, 6.45) is 0. The van der Waals surface area contributed by atoms with Crippen molar-refractivity contribution in [2.45, 2.75) is 18.9 Å². The molecule has 1 amide bonds. The second kappa shape index (κ2) is 3.89. The van der Waals surface area contributed by atoms with E-state index in [-0.39, 0.29) is 23.6 Å². The molecule has 1 aromatic carbocycles. The topological polar surface area (TPSA) is 94.4 Å². The van der Waals surface area contributed by atoms with Crippen LogP contribution < -0.4 is 16.2 Å². The fourth-order valence-electron chi connectivity index (χ4n) is 2.89. The first-order chi connectivity index (χ1) is 9.04. The number of aromatic amines is 1. The van der Waals surface area contributed by atoms with E-state index in [0.29, 0.717) is 0 Å². The van der Waals surface area contributed by atoms with Gasteiger partial charge in [-0.2, -0.15) is 0 Å². The van der Waals surface area contributed by atoms with Gasteiger partial charge in [0.1, 0.15) is 11.6 Å². The number of likely N-dealkylation sites (N-methyl/N-ethyl adjacent to an activating group) is 1. The lowest BCUT2D eigenvalue weighted by atomic mass is 9.94. The molecule has 2 unspecified atom stereocenters. The molecule has 3 rings (SSSR count). The third kappa shape index (κ3) is 1.50. The normalized spacial score (nSPS) is 21.7. The molecule has 2 atom stereocenters. The van der Waals surface area contributed by atoms with Crippen LogP contribution in [0.5, 0.6) is 5.75 Å². The number of aromatic hydroxyl groups is 1. The molecule has 0 radical (unpaired) electrons. The van der Waals surface area contributed by atoms with Gasteiger partial charge in [-0.3, -0.25) is 10.2 Å². The summed E-state index contributed by atoms with van der Waals surface area (Å²) in [5.41, 5.74) is 4.02. The van der Waals surface area contributed by atoms with E-state index in [1.54, 1.807) is 18.2 Å². The third-order valence-corrected chi connectivity index (χ3v) is 3.98. The highest BCUT2D eigenvalue weighted by Crippen LogP contribution is 2.44. The van der Waals surface area contributed by atoms with Gasteiger partial charge in [-0.1, -0.05) is 0 Å². The summed E-state index contributed by atoms with van der Waals surface area (Å²) >= 11 is 0. The van der Waals surface area contributed by atoms with Gasteiger partial charge in [0, 0.05) is 29.6 Å². The third-order valence-electron chi connectivity index (χ3n) is 3.98. The van der Waals surface area contributed by atoms with Gasteiger partial charge in [-0.15, -0.1) is 0 Å². The SMILES string of the molecule is CC1C(C(=O)NN)c2c([nH]c3ccc(O)cc23)N1C. The molecule has 0 spiro atoms. The molecule has 100 valence electrons. The first-order valence-electron chi connectivity index (χ1n) is 6.12. The quantitative estimate of drug-likeness (QED) is 0.346. The zero-order valence-corrected chi connectivity index (χ0v) is 10.8. The lowest BCUT2D eigenvalue weighted by Gasteiger charge is -2.22. The van der Waals surface area contributed by atoms with E-state index in [4.69, 9.17) is 5.84 Å². The van der Waals surface area contributed by atoms with Crippen LogP contribution in [0.4, 0.5) is 5.82 Å². The number of nitrogens with two attached hydrogens (primary N) is 1. The molecular weight excluding hydrogens is 244 g/mol. The van der Waals surface area contributed by atoms with E-state index in [1.165, 1.54) is 0 Å². The van der Waals surface area contributed by atoms with Crippen LogP contribution in [0.2, 0.25) is 0 Å². The number of hydrazine groups is 1. The van der Waals surface area contributed by atoms with E-state index < -0.39 is 0 Å². The smallest absolute Gasteiger partial charge is 0.243 e. The summed E-state index contributed by atoms with van der Waals surface area (Å²) in [5.74, 6) is 5.80. The van der Waals surface area contributed by atoms with E-state index in [0.717, 1.165) is 22.3 Å². The van der Waals surface area contributed by atoms with E-state index in [1.807, 2.05) is 18.9 Å². The molecule has 1 aliphatic heterocycles. The number of phenolic OH excluding ortho intramolecular Hbond substituents is 1. The summed E-state index contributed by atoms with van der Waals surface area (Å²) in [4.78, 5) is 17.3. The number of phenols is 1. The van der Waals surface area contributed by atoms with Crippen LogP contribution in [0.25, 0.3) is 10.9 Å².